The number of fused-ring (bicyclic) bond motifs is 1. The number of hydrogen-bond donors (Lipinski definition) is 4. The molecule has 0 aromatic heterocycles. The molecule has 0 fully saturated rings. The van der Waals surface area contributed by atoms with Gasteiger partial charge in [0.2, 0.25) is 0 Å². The van der Waals surface area contributed by atoms with E-state index in [4.69, 9.17) is 0 Å². The number of rotatable bonds is 4. The molecule has 104 valence electrons. The summed E-state index contributed by atoms with van der Waals surface area (Å²) in [5, 5.41) is 24.4. The predicted molar refractivity (Wildman–Crippen MR) is 73.3 cm³/mol. The lowest BCUT2D eigenvalue weighted by atomic mass is 9.96. The smallest absolute Gasteiger partial charge is 0.252 e. The standard InChI is InChI=1S/C14H20N2O3/c1-14(8-17,9-18)16-13(19)11-4-2-6-12-10(11)5-3-7-15-12/h2,4,6,15,17-18H,3,5,7-9H2,1H3,(H,16,19). The van der Waals surface area contributed by atoms with Gasteiger partial charge in [0, 0.05) is 17.8 Å². The summed E-state index contributed by atoms with van der Waals surface area (Å²) >= 11 is 0. The lowest BCUT2D eigenvalue weighted by Gasteiger charge is -2.27. The monoisotopic (exact) mass is 264 g/mol. The van der Waals surface area contributed by atoms with E-state index in [0.717, 1.165) is 30.6 Å². The Kier molecular flexibility index (Phi) is 4.07. The summed E-state index contributed by atoms with van der Waals surface area (Å²) in [5.74, 6) is -0.258. The SMILES string of the molecule is CC(CO)(CO)NC(=O)c1cccc2c1CCCN2. The fourth-order valence-corrected chi connectivity index (χ4v) is 2.19. The number of carbonyl (C=O) groups is 1. The molecule has 4 N–H and O–H groups in total. The third kappa shape index (κ3) is 2.88. The second kappa shape index (κ2) is 5.59. The van der Waals surface area contributed by atoms with E-state index in [1.165, 1.54) is 0 Å². The lowest BCUT2D eigenvalue weighted by Crippen LogP contribution is -2.52. The van der Waals surface area contributed by atoms with Crippen LogP contribution in [0.2, 0.25) is 0 Å². The maximum atomic E-state index is 12.3. The molecule has 1 aromatic rings. The van der Waals surface area contributed by atoms with Gasteiger partial charge in [-0.3, -0.25) is 4.79 Å². The Labute approximate surface area is 112 Å². The second-order valence-electron chi connectivity index (χ2n) is 5.19. The summed E-state index contributed by atoms with van der Waals surface area (Å²) < 4.78 is 0. The Morgan fingerprint density at radius 3 is 2.84 bits per heavy atom. The van der Waals surface area contributed by atoms with Crippen LogP contribution in [0.4, 0.5) is 5.69 Å². The van der Waals surface area contributed by atoms with E-state index in [9.17, 15) is 15.0 Å². The van der Waals surface area contributed by atoms with Gasteiger partial charge in [-0.15, -0.1) is 0 Å². The van der Waals surface area contributed by atoms with Crippen molar-refractivity contribution in [2.24, 2.45) is 0 Å². The lowest BCUT2D eigenvalue weighted by molar-refractivity contribution is 0.0723. The molecule has 1 aromatic carbocycles. The first-order valence-electron chi connectivity index (χ1n) is 6.49. The maximum absolute atomic E-state index is 12.3. The summed E-state index contributed by atoms with van der Waals surface area (Å²) in [6, 6.07) is 5.57. The highest BCUT2D eigenvalue weighted by atomic mass is 16.3. The Hall–Kier alpha value is -1.59. The number of amides is 1. The molecule has 0 spiro atoms. The molecule has 0 unspecified atom stereocenters. The van der Waals surface area contributed by atoms with Gasteiger partial charge in [-0.1, -0.05) is 6.07 Å². The number of aliphatic hydroxyl groups is 2. The number of carbonyl (C=O) groups excluding carboxylic acids is 1. The van der Waals surface area contributed by atoms with Crippen LogP contribution in [0.5, 0.6) is 0 Å². The fraction of sp³-hybridized carbons (Fsp3) is 0.500. The third-order valence-electron chi connectivity index (χ3n) is 3.45. The van der Waals surface area contributed by atoms with Crippen molar-refractivity contribution in [3.8, 4) is 0 Å². The van der Waals surface area contributed by atoms with E-state index >= 15 is 0 Å². The Morgan fingerprint density at radius 2 is 2.16 bits per heavy atom. The van der Waals surface area contributed by atoms with Gasteiger partial charge in [0.05, 0.1) is 18.8 Å². The van der Waals surface area contributed by atoms with Crippen molar-refractivity contribution >= 4 is 11.6 Å². The van der Waals surface area contributed by atoms with Gasteiger partial charge in [0.25, 0.3) is 5.91 Å². The van der Waals surface area contributed by atoms with Crippen LogP contribution >= 0.6 is 0 Å². The van der Waals surface area contributed by atoms with Crippen LogP contribution in [0.25, 0.3) is 0 Å². The number of benzene rings is 1. The van der Waals surface area contributed by atoms with Gasteiger partial charge < -0.3 is 20.8 Å². The minimum absolute atomic E-state index is 0.258. The molecular formula is C14H20N2O3. The van der Waals surface area contributed by atoms with E-state index in [1.807, 2.05) is 12.1 Å². The number of anilines is 1. The molecule has 19 heavy (non-hydrogen) atoms. The van der Waals surface area contributed by atoms with Crippen LogP contribution in [0, 0.1) is 0 Å². The molecule has 0 saturated heterocycles. The minimum Gasteiger partial charge on any atom is -0.394 e. The maximum Gasteiger partial charge on any atom is 0.252 e. The fourth-order valence-electron chi connectivity index (χ4n) is 2.19. The van der Waals surface area contributed by atoms with Gasteiger partial charge in [0.15, 0.2) is 0 Å². The first-order valence-corrected chi connectivity index (χ1v) is 6.49. The van der Waals surface area contributed by atoms with Gasteiger partial charge in [-0.2, -0.15) is 0 Å². The largest absolute Gasteiger partial charge is 0.394 e. The highest BCUT2D eigenvalue weighted by molar-refractivity contribution is 5.97. The van der Waals surface area contributed by atoms with Crippen molar-refractivity contribution in [3.05, 3.63) is 29.3 Å². The van der Waals surface area contributed by atoms with E-state index < -0.39 is 5.54 Å². The number of nitrogens with one attached hydrogen (secondary N) is 2. The molecule has 0 saturated carbocycles. The van der Waals surface area contributed by atoms with Crippen molar-refractivity contribution < 1.29 is 15.0 Å². The molecule has 1 heterocycles. The number of hydrogen-bond acceptors (Lipinski definition) is 4. The predicted octanol–water partition coefficient (Wildman–Crippen LogP) is 0.518. The molecule has 0 bridgehead atoms. The first-order chi connectivity index (χ1) is 9.09. The van der Waals surface area contributed by atoms with E-state index in [-0.39, 0.29) is 19.1 Å². The Morgan fingerprint density at radius 1 is 1.42 bits per heavy atom. The van der Waals surface area contributed by atoms with Crippen LogP contribution in [0.1, 0.15) is 29.3 Å². The van der Waals surface area contributed by atoms with Crippen molar-refractivity contribution in [3.63, 3.8) is 0 Å². The van der Waals surface area contributed by atoms with Gasteiger partial charge >= 0.3 is 0 Å². The third-order valence-corrected chi connectivity index (χ3v) is 3.45. The molecule has 0 radical (unpaired) electrons. The van der Waals surface area contributed by atoms with E-state index in [1.54, 1.807) is 13.0 Å². The van der Waals surface area contributed by atoms with E-state index in [2.05, 4.69) is 10.6 Å². The van der Waals surface area contributed by atoms with Gasteiger partial charge in [0.1, 0.15) is 0 Å². The molecule has 1 aliphatic rings. The van der Waals surface area contributed by atoms with Gasteiger partial charge in [-0.25, -0.2) is 0 Å². The summed E-state index contributed by atoms with van der Waals surface area (Å²) in [4.78, 5) is 12.3. The van der Waals surface area contributed by atoms with Crippen LogP contribution in [-0.2, 0) is 6.42 Å². The van der Waals surface area contributed by atoms with Crippen LogP contribution < -0.4 is 10.6 Å². The molecule has 1 amide bonds. The highest BCUT2D eigenvalue weighted by Crippen LogP contribution is 2.25. The average Bonchev–Trinajstić information content (AvgIpc) is 2.46. The molecule has 0 aliphatic carbocycles. The first kappa shape index (κ1) is 13.8. The summed E-state index contributed by atoms with van der Waals surface area (Å²) in [7, 11) is 0. The van der Waals surface area contributed by atoms with Gasteiger partial charge in [-0.05, 0) is 37.5 Å². The zero-order valence-corrected chi connectivity index (χ0v) is 11.1. The van der Waals surface area contributed by atoms with Crippen LogP contribution in [0.3, 0.4) is 0 Å². The molecule has 0 atom stereocenters. The van der Waals surface area contributed by atoms with Crippen molar-refractivity contribution in [1.82, 2.24) is 5.32 Å². The second-order valence-corrected chi connectivity index (χ2v) is 5.19. The Balaban J connectivity index is 2.25. The minimum atomic E-state index is -0.998. The highest BCUT2D eigenvalue weighted by Gasteiger charge is 2.27. The molecule has 5 heteroatoms. The zero-order valence-electron chi connectivity index (χ0n) is 11.1. The molecular weight excluding hydrogens is 244 g/mol. The van der Waals surface area contributed by atoms with Crippen LogP contribution in [-0.4, -0.2) is 41.4 Å². The molecule has 5 nitrogen and oxygen atoms in total. The quantitative estimate of drug-likeness (QED) is 0.639. The average molecular weight is 264 g/mol. The zero-order chi connectivity index (χ0) is 13.9. The van der Waals surface area contributed by atoms with Crippen LogP contribution in [0.15, 0.2) is 18.2 Å². The van der Waals surface area contributed by atoms with Crippen molar-refractivity contribution in [2.45, 2.75) is 25.3 Å². The summed E-state index contributed by atoms with van der Waals surface area (Å²) in [6.07, 6.45) is 1.86. The summed E-state index contributed by atoms with van der Waals surface area (Å²) in [5.41, 5.74) is 1.61. The van der Waals surface area contributed by atoms with E-state index in [0.29, 0.717) is 5.56 Å². The topological polar surface area (TPSA) is 81.6 Å². The van der Waals surface area contributed by atoms with Crippen molar-refractivity contribution in [2.75, 3.05) is 25.1 Å². The Bertz CT molecular complexity index is 470. The summed E-state index contributed by atoms with van der Waals surface area (Å²) in [6.45, 7) is 1.92. The van der Waals surface area contributed by atoms with Crippen molar-refractivity contribution in [1.29, 1.82) is 0 Å². The molecule has 2 rings (SSSR count). The molecule has 1 aliphatic heterocycles. The number of aliphatic hydroxyl groups excluding tert-OH is 2. The normalized spacial score (nSPS) is 14.5.